The van der Waals surface area contributed by atoms with E-state index in [2.05, 4.69) is 10.3 Å². The quantitative estimate of drug-likeness (QED) is 0.677. The molecular formula is C19H17N3O4. The monoisotopic (exact) mass is 351 g/mol. The fourth-order valence-corrected chi connectivity index (χ4v) is 2.59. The van der Waals surface area contributed by atoms with E-state index in [0.717, 1.165) is 10.5 Å². The maximum atomic E-state index is 12.8. The highest BCUT2D eigenvalue weighted by Crippen LogP contribution is 2.24. The zero-order valence-corrected chi connectivity index (χ0v) is 14.3. The van der Waals surface area contributed by atoms with Crippen LogP contribution in [0.3, 0.4) is 0 Å². The first-order valence-corrected chi connectivity index (χ1v) is 7.94. The average Bonchev–Trinajstić information content (AvgIpc) is 2.63. The highest BCUT2D eigenvalue weighted by Gasteiger charge is 2.40. The van der Waals surface area contributed by atoms with Gasteiger partial charge in [-0.1, -0.05) is 18.2 Å². The number of amides is 4. The van der Waals surface area contributed by atoms with Gasteiger partial charge < -0.3 is 4.74 Å². The predicted molar refractivity (Wildman–Crippen MR) is 96.8 cm³/mol. The molecule has 0 unspecified atom stereocenters. The number of rotatable bonds is 4. The molecular weight excluding hydrogens is 334 g/mol. The number of carbonyl (C=O) groups excluding carboxylic acids is 3. The van der Waals surface area contributed by atoms with Crippen molar-refractivity contribution in [1.82, 2.24) is 5.32 Å². The predicted octanol–water partition coefficient (Wildman–Crippen LogP) is 2.61. The van der Waals surface area contributed by atoms with Crippen LogP contribution in [0, 0.1) is 12.8 Å². The van der Waals surface area contributed by atoms with Gasteiger partial charge >= 0.3 is 6.03 Å². The van der Waals surface area contributed by atoms with Crippen molar-refractivity contribution < 1.29 is 19.1 Å². The molecule has 1 N–H and O–H groups in total. The minimum Gasteiger partial charge on any atom is -0.497 e. The number of aliphatic imine (C=N–C) groups is 1. The number of nitrogens with one attached hydrogen (secondary N) is 1. The van der Waals surface area contributed by atoms with E-state index in [1.165, 1.54) is 6.21 Å². The van der Waals surface area contributed by atoms with Gasteiger partial charge in [-0.05, 0) is 42.8 Å². The zero-order valence-electron chi connectivity index (χ0n) is 14.3. The van der Waals surface area contributed by atoms with Crippen molar-refractivity contribution in [3.05, 3.63) is 54.1 Å². The van der Waals surface area contributed by atoms with Gasteiger partial charge in [0.1, 0.15) is 5.75 Å². The van der Waals surface area contributed by atoms with Crippen molar-refractivity contribution in [2.24, 2.45) is 10.9 Å². The molecule has 1 saturated heterocycles. The highest BCUT2D eigenvalue weighted by atomic mass is 16.5. The van der Waals surface area contributed by atoms with Crippen molar-refractivity contribution >= 4 is 35.4 Å². The minimum absolute atomic E-state index is 0.436. The van der Waals surface area contributed by atoms with Crippen LogP contribution >= 0.6 is 0 Å². The minimum atomic E-state index is -1.19. The van der Waals surface area contributed by atoms with E-state index in [-0.39, 0.29) is 0 Å². The fraction of sp³-hybridized carbons (Fsp3) is 0.158. The number of hydrogen-bond acceptors (Lipinski definition) is 5. The highest BCUT2D eigenvalue weighted by molar-refractivity contribution is 6.32. The van der Waals surface area contributed by atoms with E-state index < -0.39 is 23.8 Å². The van der Waals surface area contributed by atoms with Gasteiger partial charge in [0.2, 0.25) is 5.91 Å². The number of carbonyl (C=O) groups is 3. The lowest BCUT2D eigenvalue weighted by Gasteiger charge is -2.29. The molecule has 2 aromatic carbocycles. The molecule has 1 heterocycles. The van der Waals surface area contributed by atoms with E-state index in [1.807, 2.05) is 0 Å². The molecule has 1 aliphatic heterocycles. The van der Waals surface area contributed by atoms with Crippen LogP contribution in [-0.4, -0.2) is 31.2 Å². The molecule has 0 radical (unpaired) electrons. The molecule has 0 aromatic heterocycles. The lowest BCUT2D eigenvalue weighted by Crippen LogP contribution is -2.58. The second kappa shape index (κ2) is 7.18. The molecule has 0 bridgehead atoms. The Labute approximate surface area is 150 Å². The molecule has 0 saturated carbocycles. The number of ether oxygens (including phenoxy) is 1. The van der Waals surface area contributed by atoms with Crippen molar-refractivity contribution in [2.45, 2.75) is 6.92 Å². The Hall–Kier alpha value is -3.48. The summed E-state index contributed by atoms with van der Waals surface area (Å²) in [5.74, 6) is -1.84. The Bertz CT molecular complexity index is 890. The zero-order chi connectivity index (χ0) is 18.7. The topological polar surface area (TPSA) is 88.1 Å². The summed E-state index contributed by atoms with van der Waals surface area (Å²) in [6.45, 7) is 1.78. The van der Waals surface area contributed by atoms with Gasteiger partial charge in [-0.25, -0.2) is 9.69 Å². The molecule has 0 aliphatic carbocycles. The summed E-state index contributed by atoms with van der Waals surface area (Å²) in [6, 6.07) is 13.0. The van der Waals surface area contributed by atoms with Gasteiger partial charge in [-0.3, -0.25) is 19.9 Å². The van der Waals surface area contributed by atoms with Gasteiger partial charge in [0.25, 0.3) is 5.91 Å². The summed E-state index contributed by atoms with van der Waals surface area (Å²) < 4.78 is 5.07. The number of anilines is 1. The van der Waals surface area contributed by atoms with Crippen LogP contribution in [0.5, 0.6) is 5.75 Å². The molecule has 4 amide bonds. The summed E-state index contributed by atoms with van der Waals surface area (Å²) in [6.07, 6.45) is 1.25. The molecule has 26 heavy (non-hydrogen) atoms. The summed E-state index contributed by atoms with van der Waals surface area (Å²) in [4.78, 5) is 42.2. The van der Waals surface area contributed by atoms with Crippen LogP contribution in [0.4, 0.5) is 16.2 Å². The molecule has 3 rings (SSSR count). The third kappa shape index (κ3) is 3.32. The van der Waals surface area contributed by atoms with Crippen molar-refractivity contribution in [3.63, 3.8) is 0 Å². The van der Waals surface area contributed by atoms with E-state index in [0.29, 0.717) is 17.1 Å². The normalized spacial score (nSPS) is 17.5. The van der Waals surface area contributed by atoms with Crippen LogP contribution in [0.15, 0.2) is 53.5 Å². The number of barbiturate groups is 1. The maximum Gasteiger partial charge on any atom is 0.335 e. The molecule has 7 heteroatoms. The first-order valence-electron chi connectivity index (χ1n) is 7.94. The number of urea groups is 1. The van der Waals surface area contributed by atoms with Gasteiger partial charge in [-0.2, -0.15) is 0 Å². The standard InChI is InChI=1S/C19H17N3O4/c1-12-5-3-4-6-16(12)22-18(24)15(17(23)21-19(22)25)11-20-13-7-9-14(26-2)10-8-13/h3-11,15H,1-2H3,(H,21,23,25)/t15-/m0/s1. The molecule has 1 fully saturated rings. The third-order valence-electron chi connectivity index (χ3n) is 4.00. The Balaban J connectivity index is 1.87. The maximum absolute atomic E-state index is 12.8. The van der Waals surface area contributed by atoms with Crippen molar-refractivity contribution in [1.29, 1.82) is 0 Å². The smallest absolute Gasteiger partial charge is 0.335 e. The second-order valence-corrected chi connectivity index (χ2v) is 5.71. The average molecular weight is 351 g/mol. The van der Waals surface area contributed by atoms with Crippen LogP contribution in [0.25, 0.3) is 0 Å². The molecule has 7 nitrogen and oxygen atoms in total. The van der Waals surface area contributed by atoms with Crippen molar-refractivity contribution in [2.75, 3.05) is 12.0 Å². The van der Waals surface area contributed by atoms with Crippen LogP contribution in [0.2, 0.25) is 0 Å². The third-order valence-corrected chi connectivity index (χ3v) is 4.00. The van der Waals surface area contributed by atoms with E-state index in [4.69, 9.17) is 4.74 Å². The number of nitrogens with zero attached hydrogens (tertiary/aromatic N) is 2. The molecule has 2 aromatic rings. The Morgan fingerprint density at radius 2 is 1.77 bits per heavy atom. The summed E-state index contributed by atoms with van der Waals surface area (Å²) >= 11 is 0. The Morgan fingerprint density at radius 1 is 1.08 bits per heavy atom. The van der Waals surface area contributed by atoms with Gasteiger partial charge in [0.05, 0.1) is 18.5 Å². The van der Waals surface area contributed by atoms with Gasteiger partial charge in [0, 0.05) is 6.21 Å². The number of aryl methyl sites for hydroxylation is 1. The fourth-order valence-electron chi connectivity index (χ4n) is 2.59. The number of benzene rings is 2. The number of para-hydroxylation sites is 1. The molecule has 1 aliphatic rings. The largest absolute Gasteiger partial charge is 0.497 e. The van der Waals surface area contributed by atoms with Crippen molar-refractivity contribution in [3.8, 4) is 5.75 Å². The van der Waals surface area contributed by atoms with Gasteiger partial charge in [-0.15, -0.1) is 0 Å². The number of methoxy groups -OCH3 is 1. The van der Waals surface area contributed by atoms with Crippen LogP contribution in [0.1, 0.15) is 5.56 Å². The van der Waals surface area contributed by atoms with E-state index in [9.17, 15) is 14.4 Å². The summed E-state index contributed by atoms with van der Waals surface area (Å²) in [7, 11) is 1.56. The Kier molecular flexibility index (Phi) is 4.79. The first kappa shape index (κ1) is 17.3. The Morgan fingerprint density at radius 3 is 2.42 bits per heavy atom. The summed E-state index contributed by atoms with van der Waals surface area (Å²) in [5, 5.41) is 2.21. The lowest BCUT2D eigenvalue weighted by atomic mass is 10.0. The molecule has 0 spiro atoms. The lowest BCUT2D eigenvalue weighted by molar-refractivity contribution is -0.131. The van der Waals surface area contributed by atoms with E-state index in [1.54, 1.807) is 62.6 Å². The van der Waals surface area contributed by atoms with Gasteiger partial charge in [0.15, 0.2) is 5.92 Å². The SMILES string of the molecule is COc1ccc(N=C[C@H]2C(=O)NC(=O)N(c3ccccc3C)C2=O)cc1. The summed E-state index contributed by atoms with van der Waals surface area (Å²) in [5.41, 5.74) is 1.74. The van der Waals surface area contributed by atoms with E-state index >= 15 is 0 Å². The second-order valence-electron chi connectivity index (χ2n) is 5.71. The number of imide groups is 2. The first-order chi connectivity index (χ1) is 12.5. The van der Waals surface area contributed by atoms with Crippen LogP contribution < -0.4 is 15.0 Å². The molecule has 132 valence electrons. The molecule has 1 atom stereocenters. The number of hydrogen-bond donors (Lipinski definition) is 1. The van der Waals surface area contributed by atoms with Crippen LogP contribution in [-0.2, 0) is 9.59 Å².